The molecule has 0 aliphatic heterocycles. The van der Waals surface area contributed by atoms with Crippen LogP contribution in [-0.2, 0) is 16.6 Å². The highest BCUT2D eigenvalue weighted by atomic mass is 35.5. The molecule has 110 valence electrons. The van der Waals surface area contributed by atoms with Gasteiger partial charge in [-0.05, 0) is 30.3 Å². The minimum atomic E-state index is -1.48. The summed E-state index contributed by atoms with van der Waals surface area (Å²) in [6.07, 6.45) is 0. The molecule has 7 heteroatoms. The van der Waals surface area contributed by atoms with E-state index in [9.17, 15) is 9.00 Å². The molecule has 0 aliphatic rings. The smallest absolute Gasteiger partial charge is 0.337 e. The van der Waals surface area contributed by atoms with E-state index in [0.717, 1.165) is 0 Å². The van der Waals surface area contributed by atoms with Crippen LogP contribution in [0.4, 0.5) is 0 Å². The van der Waals surface area contributed by atoms with E-state index in [-0.39, 0.29) is 16.3 Å². The van der Waals surface area contributed by atoms with Crippen molar-refractivity contribution in [1.29, 1.82) is 0 Å². The van der Waals surface area contributed by atoms with Crippen molar-refractivity contribution in [3.63, 3.8) is 0 Å². The van der Waals surface area contributed by atoms with Gasteiger partial charge < -0.3 is 5.11 Å². The molecule has 0 heterocycles. The Morgan fingerprint density at radius 2 is 1.67 bits per heavy atom. The quantitative estimate of drug-likeness (QED) is 0.860. The average Bonchev–Trinajstić information content (AvgIpc) is 2.43. The number of rotatable bonds is 4. The second-order valence-electron chi connectivity index (χ2n) is 4.14. The van der Waals surface area contributed by atoms with Gasteiger partial charge in [0.1, 0.15) is 0 Å². The molecule has 2 rings (SSSR count). The maximum absolute atomic E-state index is 12.4. The minimum absolute atomic E-state index is 0.0900. The molecule has 1 unspecified atom stereocenters. The van der Waals surface area contributed by atoms with E-state index in [0.29, 0.717) is 20.5 Å². The van der Waals surface area contributed by atoms with Crippen molar-refractivity contribution in [3.8, 4) is 0 Å². The van der Waals surface area contributed by atoms with Crippen molar-refractivity contribution in [2.24, 2.45) is 0 Å². The van der Waals surface area contributed by atoms with Crippen molar-refractivity contribution < 1.29 is 14.1 Å². The summed E-state index contributed by atoms with van der Waals surface area (Å²) in [6.45, 7) is 0. The van der Waals surface area contributed by atoms with Crippen molar-refractivity contribution in [1.82, 2.24) is 0 Å². The largest absolute Gasteiger partial charge is 0.478 e. The molecular weight excluding hydrogens is 355 g/mol. The van der Waals surface area contributed by atoms with E-state index in [4.69, 9.17) is 39.9 Å². The van der Waals surface area contributed by atoms with Crippen molar-refractivity contribution >= 4 is 51.6 Å². The predicted octanol–water partition coefficient (Wildman–Crippen LogP) is 4.65. The van der Waals surface area contributed by atoms with E-state index in [2.05, 4.69) is 0 Å². The maximum Gasteiger partial charge on any atom is 0.337 e. The van der Waals surface area contributed by atoms with Gasteiger partial charge in [0.25, 0.3) is 0 Å². The molecule has 0 saturated heterocycles. The van der Waals surface area contributed by atoms with Crippen LogP contribution in [0.2, 0.25) is 15.1 Å². The van der Waals surface area contributed by atoms with Crippen LogP contribution < -0.4 is 0 Å². The first-order valence-corrected chi connectivity index (χ1v) is 8.19. The van der Waals surface area contributed by atoms with Gasteiger partial charge in [0.05, 0.1) is 27.1 Å². The predicted molar refractivity (Wildman–Crippen MR) is 85.0 cm³/mol. The summed E-state index contributed by atoms with van der Waals surface area (Å²) in [6, 6.07) is 9.24. The number of hydrogen-bond donors (Lipinski definition) is 1. The summed E-state index contributed by atoms with van der Waals surface area (Å²) < 4.78 is 12.4. The van der Waals surface area contributed by atoms with Crippen LogP contribution >= 0.6 is 34.8 Å². The van der Waals surface area contributed by atoms with Crippen LogP contribution in [-0.4, -0.2) is 15.3 Å². The van der Waals surface area contributed by atoms with Gasteiger partial charge >= 0.3 is 5.97 Å². The molecule has 0 saturated carbocycles. The Labute approximate surface area is 138 Å². The molecule has 1 N–H and O–H groups in total. The Kier molecular flexibility index (Phi) is 5.27. The lowest BCUT2D eigenvalue weighted by atomic mass is 10.2. The molecular formula is C14H9Cl3O3S. The standard InChI is InChI=1S/C14H9Cl3O3S/c15-11-2-1-3-12(16)10(11)7-21(20)8-4-5-13(17)9(6-8)14(18)19/h1-6H,7H2,(H,18,19). The summed E-state index contributed by atoms with van der Waals surface area (Å²) in [4.78, 5) is 11.4. The fraction of sp³-hybridized carbons (Fsp3) is 0.0714. The zero-order valence-electron chi connectivity index (χ0n) is 10.5. The van der Waals surface area contributed by atoms with Crippen LogP contribution in [0.1, 0.15) is 15.9 Å². The Bertz CT molecular complexity index is 711. The Morgan fingerprint density at radius 3 is 2.24 bits per heavy atom. The molecule has 2 aromatic rings. The zero-order valence-corrected chi connectivity index (χ0v) is 13.6. The summed E-state index contributed by atoms with van der Waals surface area (Å²) in [7, 11) is -1.48. The molecule has 3 nitrogen and oxygen atoms in total. The highest BCUT2D eigenvalue weighted by Gasteiger charge is 2.15. The van der Waals surface area contributed by atoms with E-state index in [1.807, 2.05) is 0 Å². The Balaban J connectivity index is 2.33. The molecule has 0 aromatic heterocycles. The molecule has 0 bridgehead atoms. The fourth-order valence-corrected chi connectivity index (χ4v) is 3.79. The van der Waals surface area contributed by atoms with Gasteiger partial charge in [0, 0.05) is 20.5 Å². The van der Waals surface area contributed by atoms with Crippen LogP contribution in [0.3, 0.4) is 0 Å². The van der Waals surface area contributed by atoms with Crippen LogP contribution in [0.15, 0.2) is 41.3 Å². The lowest BCUT2D eigenvalue weighted by Crippen LogP contribution is -2.02. The van der Waals surface area contributed by atoms with Gasteiger partial charge in [-0.3, -0.25) is 4.21 Å². The van der Waals surface area contributed by atoms with E-state index in [1.165, 1.54) is 18.2 Å². The molecule has 0 spiro atoms. The summed E-state index contributed by atoms with van der Waals surface area (Å²) in [5.74, 6) is -1.08. The molecule has 0 radical (unpaired) electrons. The SMILES string of the molecule is O=C(O)c1cc(S(=O)Cc2c(Cl)cccc2Cl)ccc1Cl. The molecule has 0 fully saturated rings. The second-order valence-corrected chi connectivity index (χ2v) is 6.81. The lowest BCUT2D eigenvalue weighted by Gasteiger charge is -2.08. The molecule has 1 atom stereocenters. The minimum Gasteiger partial charge on any atom is -0.478 e. The van der Waals surface area contributed by atoms with Crippen LogP contribution in [0.5, 0.6) is 0 Å². The van der Waals surface area contributed by atoms with E-state index >= 15 is 0 Å². The maximum atomic E-state index is 12.4. The fourth-order valence-electron chi connectivity index (χ4n) is 1.69. The normalized spacial score (nSPS) is 12.1. The van der Waals surface area contributed by atoms with Gasteiger partial charge in [-0.25, -0.2) is 4.79 Å². The highest BCUT2D eigenvalue weighted by molar-refractivity contribution is 7.84. The second kappa shape index (κ2) is 6.79. The van der Waals surface area contributed by atoms with Crippen molar-refractivity contribution in [2.75, 3.05) is 0 Å². The topological polar surface area (TPSA) is 54.4 Å². The first kappa shape index (κ1) is 16.3. The molecule has 0 amide bonds. The van der Waals surface area contributed by atoms with Gasteiger partial charge in [-0.15, -0.1) is 0 Å². The van der Waals surface area contributed by atoms with Crippen molar-refractivity contribution in [2.45, 2.75) is 10.6 Å². The number of halogens is 3. The highest BCUT2D eigenvalue weighted by Crippen LogP contribution is 2.28. The van der Waals surface area contributed by atoms with Crippen LogP contribution in [0, 0.1) is 0 Å². The van der Waals surface area contributed by atoms with Gasteiger partial charge in [0.2, 0.25) is 0 Å². The Morgan fingerprint density at radius 1 is 1.05 bits per heavy atom. The number of carboxylic acid groups (broad SMARTS) is 1. The lowest BCUT2D eigenvalue weighted by molar-refractivity contribution is 0.0697. The summed E-state index contributed by atoms with van der Waals surface area (Å²) >= 11 is 17.9. The first-order chi connectivity index (χ1) is 9.90. The Hall–Kier alpha value is -1.07. The number of benzene rings is 2. The van der Waals surface area contributed by atoms with Gasteiger partial charge in [-0.2, -0.15) is 0 Å². The number of carbonyl (C=O) groups is 1. The third-order valence-corrected chi connectivity index (χ3v) is 5.14. The number of hydrogen-bond acceptors (Lipinski definition) is 2. The van der Waals surface area contributed by atoms with E-state index in [1.54, 1.807) is 18.2 Å². The first-order valence-electron chi connectivity index (χ1n) is 5.74. The van der Waals surface area contributed by atoms with Gasteiger partial charge in [0.15, 0.2) is 0 Å². The molecule has 0 aliphatic carbocycles. The third-order valence-electron chi connectivity index (χ3n) is 2.77. The average molecular weight is 364 g/mol. The number of carboxylic acids is 1. The zero-order chi connectivity index (χ0) is 15.6. The summed E-state index contributed by atoms with van der Waals surface area (Å²) in [5.41, 5.74) is 0.471. The summed E-state index contributed by atoms with van der Waals surface area (Å²) in [5, 5.41) is 9.96. The van der Waals surface area contributed by atoms with Crippen molar-refractivity contribution in [3.05, 3.63) is 62.6 Å². The van der Waals surface area contributed by atoms with E-state index < -0.39 is 16.8 Å². The molecule has 2 aromatic carbocycles. The van der Waals surface area contributed by atoms with Crippen LogP contribution in [0.25, 0.3) is 0 Å². The van der Waals surface area contributed by atoms with Gasteiger partial charge in [-0.1, -0.05) is 40.9 Å². The third kappa shape index (κ3) is 3.77. The number of aromatic carboxylic acids is 1. The monoisotopic (exact) mass is 362 g/mol. The molecule has 21 heavy (non-hydrogen) atoms.